The number of benzene rings is 1. The standard InChI is InChI=1S/C11H10O/c1-2-5-10(6-3-1)9-11-7-4-8-12-11/h1-6,8-9H,7H2. The molecular weight excluding hydrogens is 148 g/mol. The van der Waals surface area contributed by atoms with Crippen LogP contribution in [0.15, 0.2) is 48.4 Å². The smallest absolute Gasteiger partial charge is 0.108 e. The van der Waals surface area contributed by atoms with E-state index >= 15 is 0 Å². The Labute approximate surface area is 72.0 Å². The fourth-order valence-electron chi connectivity index (χ4n) is 1.18. The van der Waals surface area contributed by atoms with Crippen molar-refractivity contribution in [3.8, 4) is 0 Å². The monoisotopic (exact) mass is 158 g/mol. The van der Waals surface area contributed by atoms with E-state index in [2.05, 4.69) is 18.2 Å². The van der Waals surface area contributed by atoms with Crippen LogP contribution in [0.5, 0.6) is 0 Å². The highest BCUT2D eigenvalue weighted by molar-refractivity contribution is 5.51. The number of allylic oxidation sites excluding steroid dienone is 1. The molecule has 0 aromatic heterocycles. The van der Waals surface area contributed by atoms with Gasteiger partial charge in [0.2, 0.25) is 0 Å². The third-order valence-corrected chi connectivity index (χ3v) is 1.76. The van der Waals surface area contributed by atoms with E-state index in [0.29, 0.717) is 0 Å². The Morgan fingerprint density at radius 3 is 2.67 bits per heavy atom. The lowest BCUT2D eigenvalue weighted by Crippen LogP contribution is -1.77. The van der Waals surface area contributed by atoms with Crippen LogP contribution in [0.25, 0.3) is 6.08 Å². The topological polar surface area (TPSA) is 9.23 Å². The summed E-state index contributed by atoms with van der Waals surface area (Å²) in [7, 11) is 0. The highest BCUT2D eigenvalue weighted by atomic mass is 16.5. The highest BCUT2D eigenvalue weighted by Gasteiger charge is 1.99. The SMILES string of the molecule is C1=COC(=Cc2ccccc2)C1. The van der Waals surface area contributed by atoms with Crippen LogP contribution >= 0.6 is 0 Å². The van der Waals surface area contributed by atoms with E-state index in [0.717, 1.165) is 12.2 Å². The first-order valence-electron chi connectivity index (χ1n) is 4.02. The molecule has 1 aromatic rings. The van der Waals surface area contributed by atoms with Crippen molar-refractivity contribution in [2.24, 2.45) is 0 Å². The molecule has 1 aliphatic heterocycles. The van der Waals surface area contributed by atoms with Gasteiger partial charge in [0.25, 0.3) is 0 Å². The van der Waals surface area contributed by atoms with Crippen LogP contribution in [-0.2, 0) is 4.74 Å². The van der Waals surface area contributed by atoms with E-state index in [4.69, 9.17) is 4.74 Å². The quantitative estimate of drug-likeness (QED) is 0.610. The van der Waals surface area contributed by atoms with Gasteiger partial charge in [-0.15, -0.1) is 0 Å². The van der Waals surface area contributed by atoms with Crippen molar-refractivity contribution in [3.05, 3.63) is 54.0 Å². The van der Waals surface area contributed by atoms with Crippen LogP contribution in [0.4, 0.5) is 0 Å². The molecule has 2 rings (SSSR count). The lowest BCUT2D eigenvalue weighted by Gasteiger charge is -1.96. The average molecular weight is 158 g/mol. The molecule has 0 atom stereocenters. The Morgan fingerprint density at radius 2 is 2.00 bits per heavy atom. The molecule has 0 N–H and O–H groups in total. The van der Waals surface area contributed by atoms with Gasteiger partial charge in [-0.25, -0.2) is 0 Å². The van der Waals surface area contributed by atoms with Crippen LogP contribution in [0, 0.1) is 0 Å². The van der Waals surface area contributed by atoms with Gasteiger partial charge in [0, 0.05) is 6.42 Å². The molecular formula is C11H10O. The van der Waals surface area contributed by atoms with E-state index in [1.54, 1.807) is 6.26 Å². The van der Waals surface area contributed by atoms with Gasteiger partial charge in [0.05, 0.1) is 6.26 Å². The third kappa shape index (κ3) is 1.56. The first kappa shape index (κ1) is 7.17. The molecule has 0 unspecified atom stereocenters. The fraction of sp³-hybridized carbons (Fsp3) is 0.0909. The summed E-state index contributed by atoms with van der Waals surface area (Å²) in [6.45, 7) is 0. The summed E-state index contributed by atoms with van der Waals surface area (Å²) in [5, 5.41) is 0. The highest BCUT2D eigenvalue weighted by Crippen LogP contribution is 2.16. The van der Waals surface area contributed by atoms with Crippen molar-refractivity contribution in [1.29, 1.82) is 0 Å². The number of rotatable bonds is 1. The van der Waals surface area contributed by atoms with Crippen LogP contribution in [0.2, 0.25) is 0 Å². The Kier molecular flexibility index (Phi) is 1.95. The Balaban J connectivity index is 2.17. The lowest BCUT2D eigenvalue weighted by atomic mass is 10.2. The Hall–Kier alpha value is -1.50. The zero-order valence-electron chi connectivity index (χ0n) is 6.73. The van der Waals surface area contributed by atoms with Crippen LogP contribution in [-0.4, -0.2) is 0 Å². The van der Waals surface area contributed by atoms with E-state index in [-0.39, 0.29) is 0 Å². The molecule has 1 heterocycles. The zero-order chi connectivity index (χ0) is 8.23. The van der Waals surface area contributed by atoms with Gasteiger partial charge in [0.1, 0.15) is 5.76 Å². The van der Waals surface area contributed by atoms with Crippen molar-refractivity contribution < 1.29 is 4.74 Å². The predicted molar refractivity (Wildman–Crippen MR) is 49.3 cm³/mol. The van der Waals surface area contributed by atoms with Crippen molar-refractivity contribution in [1.82, 2.24) is 0 Å². The molecule has 60 valence electrons. The summed E-state index contributed by atoms with van der Waals surface area (Å²) in [6, 6.07) is 10.2. The van der Waals surface area contributed by atoms with Crippen LogP contribution in [0.1, 0.15) is 12.0 Å². The van der Waals surface area contributed by atoms with Crippen LogP contribution < -0.4 is 0 Å². The second-order valence-corrected chi connectivity index (χ2v) is 2.72. The molecule has 0 saturated carbocycles. The van der Waals surface area contributed by atoms with E-state index < -0.39 is 0 Å². The van der Waals surface area contributed by atoms with Crippen LogP contribution in [0.3, 0.4) is 0 Å². The first-order chi connectivity index (χ1) is 5.95. The molecule has 0 bridgehead atoms. The van der Waals surface area contributed by atoms with E-state index in [9.17, 15) is 0 Å². The summed E-state index contributed by atoms with van der Waals surface area (Å²) in [6.07, 6.45) is 6.71. The molecule has 0 amide bonds. The number of ether oxygens (including phenoxy) is 1. The van der Waals surface area contributed by atoms with Crippen molar-refractivity contribution in [2.75, 3.05) is 0 Å². The molecule has 1 aromatic carbocycles. The zero-order valence-corrected chi connectivity index (χ0v) is 6.73. The van der Waals surface area contributed by atoms with Gasteiger partial charge < -0.3 is 4.74 Å². The van der Waals surface area contributed by atoms with Gasteiger partial charge in [-0.05, 0) is 17.7 Å². The summed E-state index contributed by atoms with van der Waals surface area (Å²) in [4.78, 5) is 0. The summed E-state index contributed by atoms with van der Waals surface area (Å²) < 4.78 is 5.24. The molecule has 1 nitrogen and oxygen atoms in total. The molecule has 0 aliphatic carbocycles. The summed E-state index contributed by atoms with van der Waals surface area (Å²) in [5.74, 6) is 1.02. The summed E-state index contributed by atoms with van der Waals surface area (Å²) in [5.41, 5.74) is 1.19. The van der Waals surface area contributed by atoms with Gasteiger partial charge in [-0.3, -0.25) is 0 Å². The fourth-order valence-corrected chi connectivity index (χ4v) is 1.18. The van der Waals surface area contributed by atoms with E-state index in [1.807, 2.05) is 24.3 Å². The maximum Gasteiger partial charge on any atom is 0.108 e. The second-order valence-electron chi connectivity index (χ2n) is 2.72. The molecule has 0 fully saturated rings. The normalized spacial score (nSPS) is 18.2. The van der Waals surface area contributed by atoms with Gasteiger partial charge in [-0.1, -0.05) is 30.3 Å². The average Bonchev–Trinajstić information content (AvgIpc) is 2.59. The second kappa shape index (κ2) is 3.26. The van der Waals surface area contributed by atoms with Gasteiger partial charge >= 0.3 is 0 Å². The predicted octanol–water partition coefficient (Wildman–Crippen LogP) is 2.96. The van der Waals surface area contributed by atoms with E-state index in [1.165, 1.54) is 5.56 Å². The Bertz CT molecular complexity index is 299. The molecule has 12 heavy (non-hydrogen) atoms. The van der Waals surface area contributed by atoms with Crippen molar-refractivity contribution in [3.63, 3.8) is 0 Å². The lowest BCUT2D eigenvalue weighted by molar-refractivity contribution is 0.372. The molecule has 0 spiro atoms. The maximum absolute atomic E-state index is 5.24. The minimum Gasteiger partial charge on any atom is -0.469 e. The molecule has 0 radical (unpaired) electrons. The largest absolute Gasteiger partial charge is 0.469 e. The molecule has 1 heteroatoms. The number of hydrogen-bond acceptors (Lipinski definition) is 1. The van der Waals surface area contributed by atoms with Crippen molar-refractivity contribution in [2.45, 2.75) is 6.42 Å². The number of hydrogen-bond donors (Lipinski definition) is 0. The van der Waals surface area contributed by atoms with Crippen molar-refractivity contribution >= 4 is 6.08 Å². The minimum atomic E-state index is 0.912. The van der Waals surface area contributed by atoms with Gasteiger partial charge in [-0.2, -0.15) is 0 Å². The maximum atomic E-state index is 5.24. The molecule has 1 aliphatic rings. The van der Waals surface area contributed by atoms with Gasteiger partial charge in [0.15, 0.2) is 0 Å². The summed E-state index contributed by atoms with van der Waals surface area (Å²) >= 11 is 0. The minimum absolute atomic E-state index is 0.912. The Morgan fingerprint density at radius 1 is 1.17 bits per heavy atom. The third-order valence-electron chi connectivity index (χ3n) is 1.76. The first-order valence-corrected chi connectivity index (χ1v) is 4.02. The molecule has 0 saturated heterocycles.